The van der Waals surface area contributed by atoms with Gasteiger partial charge in [0.25, 0.3) is 5.91 Å². The van der Waals surface area contributed by atoms with Gasteiger partial charge in [-0.15, -0.1) is 0 Å². The number of nitrogens with one attached hydrogen (secondary N) is 1. The number of nitro groups is 1. The van der Waals surface area contributed by atoms with Gasteiger partial charge in [-0.05, 0) is 32.9 Å². The van der Waals surface area contributed by atoms with Gasteiger partial charge in [-0.25, -0.2) is 8.78 Å². The monoisotopic (exact) mass is 391 g/mol. The average Bonchev–Trinajstić information content (AvgIpc) is 3.11. The first-order valence-corrected chi connectivity index (χ1v) is 8.09. The molecule has 0 aliphatic heterocycles. The molecule has 28 heavy (non-hydrogen) atoms. The summed E-state index contributed by atoms with van der Waals surface area (Å²) in [5, 5.41) is 21.2. The fourth-order valence-corrected chi connectivity index (χ4v) is 2.79. The summed E-state index contributed by atoms with van der Waals surface area (Å²) in [6, 6.07) is 2.64. The van der Waals surface area contributed by atoms with Crippen LogP contribution in [-0.2, 0) is 6.54 Å². The van der Waals surface area contributed by atoms with Crippen molar-refractivity contribution in [3.05, 3.63) is 68.4 Å². The van der Waals surface area contributed by atoms with Crippen molar-refractivity contribution in [2.45, 2.75) is 27.3 Å². The second kappa shape index (κ2) is 7.18. The zero-order valence-corrected chi connectivity index (χ0v) is 15.1. The molecule has 0 saturated carbocycles. The fraction of sp³-hybridized carbons (Fsp3) is 0.235. The third kappa shape index (κ3) is 3.46. The Labute approximate surface area is 157 Å². The molecule has 0 bridgehead atoms. The van der Waals surface area contributed by atoms with E-state index in [1.165, 1.54) is 18.5 Å². The normalized spacial score (nSPS) is 10.9. The number of aromatic nitrogens is 3. The number of hydrogen-bond donors (Lipinski definition) is 1. The van der Waals surface area contributed by atoms with Crippen LogP contribution in [0.5, 0.6) is 0 Å². The number of halogens is 2. The van der Waals surface area contributed by atoms with Gasteiger partial charge in [0.15, 0.2) is 5.69 Å². The molecule has 1 amide bonds. The minimum Gasteiger partial charge on any atom is -0.361 e. The van der Waals surface area contributed by atoms with E-state index in [9.17, 15) is 23.7 Å². The number of aryl methyl sites for hydroxylation is 2. The minimum atomic E-state index is -0.814. The maximum Gasteiger partial charge on any atom is 0.312 e. The van der Waals surface area contributed by atoms with Gasteiger partial charge in [0, 0.05) is 11.6 Å². The molecule has 11 heteroatoms. The molecule has 2 aromatic heterocycles. The van der Waals surface area contributed by atoms with Crippen LogP contribution in [0.25, 0.3) is 0 Å². The number of hydrogen-bond acceptors (Lipinski definition) is 6. The highest BCUT2D eigenvalue weighted by Crippen LogP contribution is 2.25. The quantitative estimate of drug-likeness (QED) is 0.527. The maximum atomic E-state index is 13.8. The lowest BCUT2D eigenvalue weighted by molar-refractivity contribution is -0.386. The average molecular weight is 391 g/mol. The molecule has 0 aliphatic rings. The predicted octanol–water partition coefficient (Wildman–Crippen LogP) is 3.28. The number of amides is 1. The van der Waals surface area contributed by atoms with Crippen LogP contribution < -0.4 is 5.32 Å². The molecule has 0 saturated heterocycles. The third-order valence-electron chi connectivity index (χ3n) is 4.21. The molecule has 0 atom stereocenters. The summed E-state index contributed by atoms with van der Waals surface area (Å²) in [4.78, 5) is 23.1. The van der Waals surface area contributed by atoms with E-state index < -0.39 is 22.5 Å². The molecule has 0 spiro atoms. The molecule has 9 nitrogen and oxygen atoms in total. The Balaban J connectivity index is 1.92. The number of anilines is 1. The highest BCUT2D eigenvalue weighted by atomic mass is 19.1. The predicted molar refractivity (Wildman–Crippen MR) is 93.0 cm³/mol. The largest absolute Gasteiger partial charge is 0.361 e. The minimum absolute atomic E-state index is 0.0236. The van der Waals surface area contributed by atoms with Gasteiger partial charge in [0.05, 0.1) is 17.2 Å². The Bertz CT molecular complexity index is 1090. The SMILES string of the molecule is Cc1nn(Cc2c(C(=O)Nc3cc(F)ccc3F)noc2C)c(C)c1[N+](=O)[O-]. The van der Waals surface area contributed by atoms with Crippen molar-refractivity contribution in [2.75, 3.05) is 5.32 Å². The topological polar surface area (TPSA) is 116 Å². The van der Waals surface area contributed by atoms with Crippen LogP contribution in [0.4, 0.5) is 20.2 Å². The molecule has 3 rings (SSSR count). The Morgan fingerprint density at radius 2 is 2.04 bits per heavy atom. The van der Waals surface area contributed by atoms with Gasteiger partial charge >= 0.3 is 5.69 Å². The molecule has 146 valence electrons. The highest BCUT2D eigenvalue weighted by molar-refractivity contribution is 6.04. The first kappa shape index (κ1) is 19.1. The molecule has 1 N–H and O–H groups in total. The zero-order chi connectivity index (χ0) is 20.6. The second-order valence-electron chi connectivity index (χ2n) is 6.08. The molecule has 0 radical (unpaired) electrons. The number of nitrogens with zero attached hydrogens (tertiary/aromatic N) is 4. The maximum absolute atomic E-state index is 13.8. The van der Waals surface area contributed by atoms with Gasteiger partial charge in [-0.3, -0.25) is 19.6 Å². The first-order chi connectivity index (χ1) is 13.2. The Kier molecular flexibility index (Phi) is 4.91. The highest BCUT2D eigenvalue weighted by Gasteiger charge is 2.26. The van der Waals surface area contributed by atoms with Crippen molar-refractivity contribution in [1.29, 1.82) is 0 Å². The van der Waals surface area contributed by atoms with Crippen LogP contribution in [0.2, 0.25) is 0 Å². The number of carbonyl (C=O) groups is 1. The van der Waals surface area contributed by atoms with E-state index in [0.29, 0.717) is 17.0 Å². The van der Waals surface area contributed by atoms with Gasteiger partial charge in [0.2, 0.25) is 0 Å². The number of benzene rings is 1. The molecule has 0 unspecified atom stereocenters. The van der Waals surface area contributed by atoms with Crippen LogP contribution in [0.15, 0.2) is 22.7 Å². The van der Waals surface area contributed by atoms with Crippen LogP contribution in [-0.4, -0.2) is 25.8 Å². The summed E-state index contributed by atoms with van der Waals surface area (Å²) in [6.45, 7) is 4.57. The van der Waals surface area contributed by atoms with E-state index >= 15 is 0 Å². The molecule has 0 aliphatic carbocycles. The zero-order valence-electron chi connectivity index (χ0n) is 15.1. The van der Waals surface area contributed by atoms with Crippen molar-refractivity contribution >= 4 is 17.3 Å². The molecule has 1 aromatic carbocycles. The lowest BCUT2D eigenvalue weighted by atomic mass is 10.1. The van der Waals surface area contributed by atoms with E-state index in [4.69, 9.17) is 4.52 Å². The van der Waals surface area contributed by atoms with Gasteiger partial charge in [-0.2, -0.15) is 5.10 Å². The molecule has 3 aromatic rings. The van der Waals surface area contributed by atoms with E-state index in [-0.39, 0.29) is 29.3 Å². The third-order valence-corrected chi connectivity index (χ3v) is 4.21. The summed E-state index contributed by atoms with van der Waals surface area (Å²) in [6.07, 6.45) is 0. The van der Waals surface area contributed by atoms with E-state index in [2.05, 4.69) is 15.6 Å². The first-order valence-electron chi connectivity index (χ1n) is 8.09. The summed E-state index contributed by atoms with van der Waals surface area (Å²) in [5.41, 5.74) is 0.210. The van der Waals surface area contributed by atoms with Gasteiger partial charge in [0.1, 0.15) is 28.8 Å². The smallest absolute Gasteiger partial charge is 0.312 e. The molecule has 2 heterocycles. The van der Waals surface area contributed by atoms with Crippen molar-refractivity contribution in [3.63, 3.8) is 0 Å². The van der Waals surface area contributed by atoms with E-state index in [1.807, 2.05) is 0 Å². The van der Waals surface area contributed by atoms with E-state index in [1.54, 1.807) is 6.92 Å². The summed E-state index contributed by atoms with van der Waals surface area (Å²) >= 11 is 0. The van der Waals surface area contributed by atoms with E-state index in [0.717, 1.165) is 18.2 Å². The summed E-state index contributed by atoms with van der Waals surface area (Å²) in [5.74, 6) is -2.05. The van der Waals surface area contributed by atoms with Crippen molar-refractivity contribution < 1.29 is 23.0 Å². The van der Waals surface area contributed by atoms with Crippen LogP contribution in [0.3, 0.4) is 0 Å². The Morgan fingerprint density at radius 3 is 2.68 bits per heavy atom. The van der Waals surface area contributed by atoms with Crippen LogP contribution in [0.1, 0.15) is 33.2 Å². The Hall–Kier alpha value is -3.63. The second-order valence-corrected chi connectivity index (χ2v) is 6.08. The van der Waals surface area contributed by atoms with Crippen molar-refractivity contribution in [1.82, 2.24) is 14.9 Å². The molecular formula is C17H15F2N5O4. The fourth-order valence-electron chi connectivity index (χ4n) is 2.79. The standard InChI is InChI=1S/C17H15F2N5O4/c1-8-16(24(26)27)9(2)23(21-8)7-12-10(3)28-22-15(12)17(25)20-14-6-11(18)4-5-13(14)19/h4-6H,7H2,1-3H3,(H,20,25). The number of rotatable bonds is 5. The van der Waals surface area contributed by atoms with Gasteiger partial charge < -0.3 is 9.84 Å². The number of carbonyl (C=O) groups excluding carboxylic acids is 1. The van der Waals surface area contributed by atoms with Gasteiger partial charge in [-0.1, -0.05) is 5.16 Å². The summed E-state index contributed by atoms with van der Waals surface area (Å²) in [7, 11) is 0. The summed E-state index contributed by atoms with van der Waals surface area (Å²) < 4.78 is 33.5. The molecular weight excluding hydrogens is 376 g/mol. The van der Waals surface area contributed by atoms with Crippen molar-refractivity contribution in [3.8, 4) is 0 Å². The van der Waals surface area contributed by atoms with Crippen LogP contribution >= 0.6 is 0 Å². The lowest BCUT2D eigenvalue weighted by Gasteiger charge is -2.07. The van der Waals surface area contributed by atoms with Crippen LogP contribution in [0, 0.1) is 42.5 Å². The van der Waals surface area contributed by atoms with Crippen molar-refractivity contribution in [2.24, 2.45) is 0 Å². The molecule has 0 fully saturated rings. The lowest BCUT2D eigenvalue weighted by Crippen LogP contribution is -2.17. The Morgan fingerprint density at radius 1 is 1.32 bits per heavy atom.